The molecule has 0 aliphatic carbocycles. The lowest BCUT2D eigenvalue weighted by molar-refractivity contribution is -0.160. The van der Waals surface area contributed by atoms with E-state index in [0.29, 0.717) is 24.1 Å². The van der Waals surface area contributed by atoms with E-state index in [1.54, 1.807) is 0 Å². The van der Waals surface area contributed by atoms with Gasteiger partial charge in [-0.25, -0.2) is 18.0 Å². The van der Waals surface area contributed by atoms with Crippen molar-refractivity contribution in [3.63, 3.8) is 0 Å². The summed E-state index contributed by atoms with van der Waals surface area (Å²) in [6.07, 6.45) is -3.46. The molecule has 0 radical (unpaired) electrons. The second-order valence-corrected chi connectivity index (χ2v) is 10.4. The Morgan fingerprint density at radius 3 is 2.20 bits per heavy atom. The highest BCUT2D eigenvalue weighted by atomic mass is 19.4. The lowest BCUT2D eigenvalue weighted by Gasteiger charge is -2.30. The number of ether oxygens (including phenoxy) is 2. The number of amides is 2. The molecule has 0 spiro atoms. The Hall–Kier alpha value is -4.21. The van der Waals surface area contributed by atoms with Crippen LogP contribution in [0.5, 0.6) is 0 Å². The van der Waals surface area contributed by atoms with Gasteiger partial charge < -0.3 is 31.2 Å². The third-order valence-corrected chi connectivity index (χ3v) is 7.13. The second kappa shape index (κ2) is 15.2. The zero-order valence-corrected chi connectivity index (χ0v) is 23.8. The Kier molecular flexibility index (Phi) is 11.4. The summed E-state index contributed by atoms with van der Waals surface area (Å²) in [7, 11) is 0. The van der Waals surface area contributed by atoms with Crippen LogP contribution >= 0.6 is 0 Å². The molecule has 15 heteroatoms. The summed E-state index contributed by atoms with van der Waals surface area (Å²) in [5.41, 5.74) is 7.67. The van der Waals surface area contributed by atoms with Gasteiger partial charge in [0.1, 0.15) is 17.5 Å². The van der Waals surface area contributed by atoms with Crippen molar-refractivity contribution in [3.8, 4) is 0 Å². The van der Waals surface area contributed by atoms with E-state index >= 15 is 0 Å². The van der Waals surface area contributed by atoms with Crippen LogP contribution in [0.1, 0.15) is 29.0 Å². The first-order chi connectivity index (χ1) is 21.4. The van der Waals surface area contributed by atoms with E-state index in [4.69, 9.17) is 10.5 Å². The first-order valence-electron chi connectivity index (χ1n) is 13.9. The Morgan fingerprint density at radius 2 is 1.64 bits per heavy atom. The van der Waals surface area contributed by atoms with E-state index in [2.05, 4.69) is 25.7 Å². The predicted molar refractivity (Wildman–Crippen MR) is 151 cm³/mol. The van der Waals surface area contributed by atoms with E-state index < -0.39 is 54.2 Å². The fourth-order valence-corrected chi connectivity index (χ4v) is 4.83. The first kappa shape index (κ1) is 33.7. The number of pyridine rings is 1. The number of nitrogens with zero attached hydrogens (tertiary/aromatic N) is 1. The number of benzene rings is 2. The molecule has 45 heavy (non-hydrogen) atoms. The highest BCUT2D eigenvalue weighted by molar-refractivity contribution is 5.96. The summed E-state index contributed by atoms with van der Waals surface area (Å²) in [5, 5.41) is 7.97. The average Bonchev–Trinajstić information content (AvgIpc) is 3.01. The van der Waals surface area contributed by atoms with Crippen LogP contribution < -0.4 is 21.7 Å². The van der Waals surface area contributed by atoms with Gasteiger partial charge in [0.25, 0.3) is 0 Å². The Morgan fingerprint density at radius 1 is 1.02 bits per heavy atom. The van der Waals surface area contributed by atoms with Crippen LogP contribution in [0.3, 0.4) is 0 Å². The molecule has 4 rings (SSSR count). The molecule has 242 valence electrons. The molecule has 0 unspecified atom stereocenters. The molecule has 3 atom stereocenters. The van der Waals surface area contributed by atoms with Gasteiger partial charge in [0.05, 0.1) is 36.8 Å². The minimum atomic E-state index is -4.63. The summed E-state index contributed by atoms with van der Waals surface area (Å²) in [5.74, 6) is -3.11. The highest BCUT2D eigenvalue weighted by Gasteiger charge is 2.31. The van der Waals surface area contributed by atoms with Crippen molar-refractivity contribution in [1.82, 2.24) is 15.6 Å². The Bertz CT molecular complexity index is 1390. The number of carbonyl (C=O) groups is 2. The lowest BCUT2D eigenvalue weighted by atomic mass is 9.85. The summed E-state index contributed by atoms with van der Waals surface area (Å²) >= 11 is 0. The number of alkyl carbamates (subject to hydrolysis) is 1. The number of nitrogens with one attached hydrogen (secondary N) is 3. The quantitative estimate of drug-likeness (QED) is 0.232. The SMILES string of the molecule is N[C@H](C(=O)Nc1cncc(F)c1CC[C@@H]1CN[C@H](CNC(=O)OCC(F)(F)F)CO1)C(c1ccc(F)cc1)c1ccc(F)cc1. The maximum absolute atomic E-state index is 14.9. The van der Waals surface area contributed by atoms with Crippen LogP contribution in [0.15, 0.2) is 60.9 Å². The molecule has 2 heterocycles. The average molecular weight is 640 g/mol. The standard InChI is InChI=1S/C30H31F6N5O4/c31-19-5-1-17(2-6-19)26(18-3-7-20(32)8-4-18)27(37)28(42)41-25-14-38-13-24(33)23(25)10-9-22-12-39-21(15-44-22)11-40-29(43)45-16-30(34,35)36/h1-8,13-14,21-22,26-27,39H,9-12,15-16,37H2,(H,40,43)(H,41,42)/t21-,22-,27+/m1/s1. The molecular weight excluding hydrogens is 608 g/mol. The molecule has 1 aromatic heterocycles. The molecule has 9 nitrogen and oxygen atoms in total. The van der Waals surface area contributed by atoms with Gasteiger partial charge in [0, 0.05) is 30.6 Å². The fourth-order valence-electron chi connectivity index (χ4n) is 4.83. The maximum atomic E-state index is 14.9. The van der Waals surface area contributed by atoms with Crippen LogP contribution in [0.4, 0.5) is 36.8 Å². The molecule has 1 aliphatic rings. The molecule has 1 aliphatic heterocycles. The van der Waals surface area contributed by atoms with Gasteiger partial charge >= 0.3 is 12.3 Å². The number of nitrogens with two attached hydrogens (primary N) is 1. The van der Waals surface area contributed by atoms with Gasteiger partial charge in [-0.3, -0.25) is 9.78 Å². The van der Waals surface area contributed by atoms with E-state index in [1.165, 1.54) is 54.7 Å². The first-order valence-corrected chi connectivity index (χ1v) is 13.9. The number of morpholine rings is 1. The minimum Gasteiger partial charge on any atom is -0.440 e. The summed E-state index contributed by atoms with van der Waals surface area (Å²) in [4.78, 5) is 28.7. The summed E-state index contributed by atoms with van der Waals surface area (Å²) in [6, 6.07) is 9.17. The van der Waals surface area contributed by atoms with Gasteiger partial charge in [0.15, 0.2) is 6.61 Å². The molecule has 2 aromatic carbocycles. The van der Waals surface area contributed by atoms with E-state index in [0.717, 1.165) is 6.20 Å². The number of alkyl halides is 3. The normalized spacial score (nSPS) is 17.5. The smallest absolute Gasteiger partial charge is 0.422 e. The van der Waals surface area contributed by atoms with Crippen LogP contribution in [-0.4, -0.2) is 67.7 Å². The van der Waals surface area contributed by atoms with Crippen LogP contribution in [0, 0.1) is 17.5 Å². The van der Waals surface area contributed by atoms with Crippen LogP contribution in [0.25, 0.3) is 0 Å². The fraction of sp³-hybridized carbons (Fsp3) is 0.367. The number of anilines is 1. The van der Waals surface area contributed by atoms with Crippen LogP contribution in [0.2, 0.25) is 0 Å². The van der Waals surface area contributed by atoms with Crippen molar-refractivity contribution in [3.05, 3.63) is 95.1 Å². The van der Waals surface area contributed by atoms with Gasteiger partial charge in [-0.1, -0.05) is 24.3 Å². The molecular formula is C30H31F6N5O4. The predicted octanol–water partition coefficient (Wildman–Crippen LogP) is 4.17. The van der Waals surface area contributed by atoms with E-state index in [-0.39, 0.29) is 43.0 Å². The third-order valence-electron chi connectivity index (χ3n) is 7.13. The zero-order chi connectivity index (χ0) is 32.6. The molecule has 1 fully saturated rings. The monoisotopic (exact) mass is 639 g/mol. The molecule has 3 aromatic rings. The van der Waals surface area contributed by atoms with E-state index in [9.17, 15) is 35.9 Å². The Labute approximate surface area is 254 Å². The largest absolute Gasteiger partial charge is 0.440 e. The Balaban J connectivity index is 1.35. The number of hydrogen-bond donors (Lipinski definition) is 4. The number of hydrogen-bond acceptors (Lipinski definition) is 7. The third kappa shape index (κ3) is 9.89. The van der Waals surface area contributed by atoms with Crippen molar-refractivity contribution in [2.75, 3.05) is 31.6 Å². The minimum absolute atomic E-state index is 0.0321. The number of halogens is 6. The highest BCUT2D eigenvalue weighted by Crippen LogP contribution is 2.29. The van der Waals surface area contributed by atoms with Crippen LogP contribution in [-0.2, 0) is 20.7 Å². The molecule has 5 N–H and O–H groups in total. The number of rotatable bonds is 11. The van der Waals surface area contributed by atoms with Crippen molar-refractivity contribution >= 4 is 17.7 Å². The topological polar surface area (TPSA) is 128 Å². The number of aromatic nitrogens is 1. The molecule has 1 saturated heterocycles. The molecule has 0 bridgehead atoms. The van der Waals surface area contributed by atoms with Gasteiger partial charge in [0.2, 0.25) is 5.91 Å². The van der Waals surface area contributed by atoms with Crippen molar-refractivity contribution < 1.29 is 45.4 Å². The maximum Gasteiger partial charge on any atom is 0.422 e. The van der Waals surface area contributed by atoms with Gasteiger partial charge in [-0.15, -0.1) is 0 Å². The van der Waals surface area contributed by atoms with Gasteiger partial charge in [-0.2, -0.15) is 13.2 Å². The zero-order valence-electron chi connectivity index (χ0n) is 23.8. The number of carbonyl (C=O) groups excluding carboxylic acids is 2. The van der Waals surface area contributed by atoms with Crippen molar-refractivity contribution in [2.24, 2.45) is 5.73 Å². The van der Waals surface area contributed by atoms with Gasteiger partial charge in [-0.05, 0) is 48.2 Å². The van der Waals surface area contributed by atoms with Crippen molar-refractivity contribution in [1.29, 1.82) is 0 Å². The summed E-state index contributed by atoms with van der Waals surface area (Å²) < 4.78 is 88.5. The molecule has 2 amide bonds. The van der Waals surface area contributed by atoms with E-state index in [1.807, 2.05) is 0 Å². The van der Waals surface area contributed by atoms with Crippen molar-refractivity contribution in [2.45, 2.75) is 43.1 Å². The molecule has 0 saturated carbocycles. The second-order valence-electron chi connectivity index (χ2n) is 10.4. The summed E-state index contributed by atoms with van der Waals surface area (Å²) in [6.45, 7) is -1.30. The lowest BCUT2D eigenvalue weighted by Crippen LogP contribution is -2.51.